The van der Waals surface area contributed by atoms with Crippen LogP contribution in [0.4, 0.5) is 4.79 Å². The number of ether oxygens (including phenoxy) is 1. The molecule has 2 aromatic rings. The van der Waals surface area contributed by atoms with Gasteiger partial charge in [0, 0.05) is 11.0 Å². The van der Waals surface area contributed by atoms with Crippen molar-refractivity contribution in [3.8, 4) is 11.3 Å². The first kappa shape index (κ1) is 18.3. The molecular formula is C21H24BrN3O2. The number of carbonyl (C=O) groups excluding carboxylic acids is 1. The predicted molar refractivity (Wildman–Crippen MR) is 108 cm³/mol. The molecule has 1 N–H and O–H groups in total. The Morgan fingerprint density at radius 2 is 1.96 bits per heavy atom. The van der Waals surface area contributed by atoms with Crippen LogP contribution in [0, 0.1) is 5.92 Å². The van der Waals surface area contributed by atoms with Crippen molar-refractivity contribution in [2.75, 3.05) is 6.54 Å². The van der Waals surface area contributed by atoms with Crippen LogP contribution in [0.3, 0.4) is 0 Å². The molecule has 0 unspecified atom stereocenters. The summed E-state index contributed by atoms with van der Waals surface area (Å²) in [5, 5.41) is 0. The van der Waals surface area contributed by atoms with Crippen LogP contribution in [0.1, 0.15) is 45.5 Å². The summed E-state index contributed by atoms with van der Waals surface area (Å²) >= 11 is 3.46. The molecule has 27 heavy (non-hydrogen) atoms. The highest BCUT2D eigenvalue weighted by Gasteiger charge is 2.39. The van der Waals surface area contributed by atoms with Gasteiger partial charge >= 0.3 is 6.09 Å². The second kappa shape index (κ2) is 6.82. The van der Waals surface area contributed by atoms with E-state index in [1.54, 1.807) is 4.90 Å². The molecule has 1 saturated carbocycles. The van der Waals surface area contributed by atoms with Crippen LogP contribution in [0.5, 0.6) is 0 Å². The summed E-state index contributed by atoms with van der Waals surface area (Å²) in [5.74, 6) is 1.38. The number of rotatable bonds is 3. The fourth-order valence-corrected chi connectivity index (χ4v) is 3.61. The van der Waals surface area contributed by atoms with E-state index >= 15 is 0 Å². The molecule has 1 amide bonds. The van der Waals surface area contributed by atoms with Gasteiger partial charge in [-0.1, -0.05) is 34.1 Å². The van der Waals surface area contributed by atoms with Gasteiger partial charge in [0.1, 0.15) is 17.5 Å². The normalized spacial score (nSPS) is 19.9. The van der Waals surface area contributed by atoms with E-state index in [2.05, 4.69) is 32.0 Å². The molecular weight excluding hydrogens is 406 g/mol. The van der Waals surface area contributed by atoms with E-state index < -0.39 is 5.60 Å². The Balaban J connectivity index is 1.60. The number of H-pyrrole nitrogens is 1. The number of amides is 1. The zero-order valence-electron chi connectivity index (χ0n) is 15.8. The van der Waals surface area contributed by atoms with Crippen molar-refractivity contribution in [3.05, 3.63) is 52.4 Å². The van der Waals surface area contributed by atoms with E-state index in [0.29, 0.717) is 12.5 Å². The van der Waals surface area contributed by atoms with Crippen LogP contribution < -0.4 is 0 Å². The van der Waals surface area contributed by atoms with Crippen LogP contribution in [0.2, 0.25) is 0 Å². The summed E-state index contributed by atoms with van der Waals surface area (Å²) in [7, 11) is 0. The molecule has 1 aliphatic carbocycles. The molecule has 6 heteroatoms. The first-order valence-corrected chi connectivity index (χ1v) is 10.1. The molecule has 1 aromatic carbocycles. The van der Waals surface area contributed by atoms with Gasteiger partial charge in [-0.2, -0.15) is 0 Å². The number of hydrogen-bond donors (Lipinski definition) is 1. The Morgan fingerprint density at radius 3 is 2.59 bits per heavy atom. The van der Waals surface area contributed by atoms with E-state index in [0.717, 1.165) is 21.6 Å². The van der Waals surface area contributed by atoms with Gasteiger partial charge in [-0.15, -0.1) is 0 Å². The largest absolute Gasteiger partial charge is 0.444 e. The minimum atomic E-state index is -0.518. The second-order valence-corrected chi connectivity index (χ2v) is 9.17. The van der Waals surface area contributed by atoms with Crippen LogP contribution in [0.25, 0.3) is 11.3 Å². The molecule has 2 aliphatic rings. The van der Waals surface area contributed by atoms with Gasteiger partial charge in [-0.3, -0.25) is 4.90 Å². The molecule has 2 heterocycles. The van der Waals surface area contributed by atoms with Gasteiger partial charge in [0.25, 0.3) is 0 Å². The third kappa shape index (κ3) is 4.10. The number of benzene rings is 1. The minimum absolute atomic E-state index is 0.209. The van der Waals surface area contributed by atoms with Gasteiger partial charge in [-0.25, -0.2) is 9.78 Å². The minimum Gasteiger partial charge on any atom is -0.444 e. The first-order chi connectivity index (χ1) is 12.8. The van der Waals surface area contributed by atoms with E-state index in [-0.39, 0.29) is 12.1 Å². The Hall–Kier alpha value is -2.08. The Kier molecular flexibility index (Phi) is 4.62. The SMILES string of the molecule is CC(C)(C)OC(=O)N1CC(C2CC2)=C[C@H]1c1ncc(-c2ccc(Br)cc2)[nH]1. The topological polar surface area (TPSA) is 58.2 Å². The van der Waals surface area contributed by atoms with E-state index in [4.69, 9.17) is 4.74 Å². The van der Waals surface area contributed by atoms with Crippen molar-refractivity contribution in [2.24, 2.45) is 5.92 Å². The smallest absolute Gasteiger partial charge is 0.411 e. The highest BCUT2D eigenvalue weighted by atomic mass is 79.9. The Bertz CT molecular complexity index is 876. The molecule has 5 nitrogen and oxygen atoms in total. The van der Waals surface area contributed by atoms with E-state index in [9.17, 15) is 4.79 Å². The predicted octanol–water partition coefficient (Wildman–Crippen LogP) is 5.47. The molecule has 1 fully saturated rings. The van der Waals surface area contributed by atoms with Gasteiger partial charge < -0.3 is 9.72 Å². The van der Waals surface area contributed by atoms with Gasteiger partial charge in [0.05, 0.1) is 11.9 Å². The maximum absolute atomic E-state index is 12.8. The monoisotopic (exact) mass is 429 g/mol. The van der Waals surface area contributed by atoms with Crippen molar-refractivity contribution >= 4 is 22.0 Å². The van der Waals surface area contributed by atoms with Gasteiger partial charge in [-0.05, 0) is 62.8 Å². The standard InChI is InChI=1S/C21H24BrN3O2/c1-21(2,3)27-20(26)25-12-15(13-4-5-13)10-18(25)19-23-11-17(24-19)14-6-8-16(22)9-7-14/h6-11,13,18H,4-5,12H2,1-3H3,(H,23,24)/t18-/m0/s1. The zero-order chi connectivity index (χ0) is 19.2. The number of hydrogen-bond acceptors (Lipinski definition) is 3. The van der Waals surface area contributed by atoms with Gasteiger partial charge in [0.15, 0.2) is 0 Å². The molecule has 0 saturated heterocycles. The van der Waals surface area contributed by atoms with Crippen molar-refractivity contribution in [3.63, 3.8) is 0 Å². The number of nitrogens with zero attached hydrogens (tertiary/aromatic N) is 2. The van der Waals surface area contributed by atoms with E-state index in [1.807, 2.05) is 51.2 Å². The van der Waals surface area contributed by atoms with Crippen molar-refractivity contribution in [2.45, 2.75) is 45.3 Å². The summed E-state index contributed by atoms with van der Waals surface area (Å²) in [5.41, 5.74) is 2.81. The lowest BCUT2D eigenvalue weighted by Crippen LogP contribution is -2.37. The summed E-state index contributed by atoms with van der Waals surface area (Å²) in [6.45, 7) is 6.30. The van der Waals surface area contributed by atoms with Crippen molar-refractivity contribution in [1.29, 1.82) is 0 Å². The summed E-state index contributed by atoms with van der Waals surface area (Å²) in [4.78, 5) is 22.5. The molecule has 0 radical (unpaired) electrons. The number of carbonyl (C=O) groups is 1. The quantitative estimate of drug-likeness (QED) is 0.658. The number of nitrogens with one attached hydrogen (secondary N) is 1. The van der Waals surface area contributed by atoms with Crippen LogP contribution in [0.15, 0.2) is 46.6 Å². The average molecular weight is 430 g/mol. The molecule has 4 rings (SSSR count). The fraction of sp³-hybridized carbons (Fsp3) is 0.429. The molecule has 142 valence electrons. The third-order valence-electron chi connectivity index (χ3n) is 4.82. The molecule has 1 atom stereocenters. The summed E-state index contributed by atoms with van der Waals surface area (Å²) in [6.07, 6.45) is 6.15. The van der Waals surface area contributed by atoms with Crippen LogP contribution in [-0.2, 0) is 4.74 Å². The molecule has 1 aliphatic heterocycles. The lowest BCUT2D eigenvalue weighted by Gasteiger charge is -2.28. The third-order valence-corrected chi connectivity index (χ3v) is 5.35. The highest BCUT2D eigenvalue weighted by Crippen LogP contribution is 2.43. The average Bonchev–Trinajstić information content (AvgIpc) is 3.16. The lowest BCUT2D eigenvalue weighted by atomic mass is 10.1. The van der Waals surface area contributed by atoms with Crippen LogP contribution >= 0.6 is 15.9 Å². The van der Waals surface area contributed by atoms with Crippen molar-refractivity contribution < 1.29 is 9.53 Å². The zero-order valence-corrected chi connectivity index (χ0v) is 17.4. The number of aromatic nitrogens is 2. The van der Waals surface area contributed by atoms with E-state index in [1.165, 1.54) is 18.4 Å². The number of halogens is 1. The number of aromatic amines is 1. The second-order valence-electron chi connectivity index (χ2n) is 8.26. The van der Waals surface area contributed by atoms with Gasteiger partial charge in [0.2, 0.25) is 0 Å². The Morgan fingerprint density at radius 1 is 1.26 bits per heavy atom. The maximum Gasteiger partial charge on any atom is 0.411 e. The molecule has 1 aromatic heterocycles. The Labute approximate surface area is 167 Å². The van der Waals surface area contributed by atoms with Crippen molar-refractivity contribution in [1.82, 2.24) is 14.9 Å². The highest BCUT2D eigenvalue weighted by molar-refractivity contribution is 9.10. The molecule has 0 spiro atoms. The first-order valence-electron chi connectivity index (χ1n) is 9.31. The fourth-order valence-electron chi connectivity index (χ4n) is 3.35. The van der Waals surface area contributed by atoms with Crippen LogP contribution in [-0.4, -0.2) is 33.1 Å². The maximum atomic E-state index is 12.8. The summed E-state index contributed by atoms with van der Waals surface area (Å²) in [6, 6.07) is 7.87. The lowest BCUT2D eigenvalue weighted by molar-refractivity contribution is 0.0231. The summed E-state index contributed by atoms with van der Waals surface area (Å²) < 4.78 is 6.67. The number of imidazole rings is 1. The molecule has 0 bridgehead atoms.